The fraction of sp³-hybridized carbons (Fsp3) is 0. The molecule has 3 nitrogen and oxygen atoms in total. The predicted molar refractivity (Wildman–Crippen MR) is 82.7 cm³/mol. The van der Waals surface area contributed by atoms with Gasteiger partial charge in [-0.05, 0) is 17.7 Å². The zero-order chi connectivity index (χ0) is 13.8. The number of hydrogen-bond acceptors (Lipinski definition) is 2. The molecule has 0 unspecified atom stereocenters. The number of fused-ring (bicyclic) bond motifs is 1. The predicted octanol–water partition coefficient (Wildman–Crippen LogP) is 3.71. The van der Waals surface area contributed by atoms with E-state index in [1.54, 1.807) is 6.20 Å². The Morgan fingerprint density at radius 2 is 1.45 bits per heavy atom. The highest BCUT2D eigenvalue weighted by Gasteiger charge is 2.07. The lowest BCUT2D eigenvalue weighted by Gasteiger charge is -2.07. The minimum absolute atomic E-state index is 0.678. The van der Waals surface area contributed by atoms with Gasteiger partial charge in [-0.1, -0.05) is 54.6 Å². The maximum atomic E-state index is 6.13. The molecule has 0 aliphatic rings. The molecular formula is C17H15N3. The average molecular weight is 261 g/mol. The SMILES string of the molecule is Nc1cnn2cccc2c1-c1ccccccccc1. The van der Waals surface area contributed by atoms with E-state index >= 15 is 0 Å². The van der Waals surface area contributed by atoms with Gasteiger partial charge < -0.3 is 5.73 Å². The summed E-state index contributed by atoms with van der Waals surface area (Å²) < 4.78 is 1.83. The van der Waals surface area contributed by atoms with E-state index in [9.17, 15) is 0 Å². The number of aromatic nitrogens is 2. The minimum Gasteiger partial charge on any atom is -0.397 e. The average Bonchev–Trinajstić information content (AvgIpc) is 2.93. The van der Waals surface area contributed by atoms with Gasteiger partial charge in [-0.2, -0.15) is 5.10 Å². The molecule has 0 spiro atoms. The van der Waals surface area contributed by atoms with Gasteiger partial charge >= 0.3 is 0 Å². The molecule has 0 saturated carbocycles. The number of nitrogen functional groups attached to an aromatic ring is 1. The maximum absolute atomic E-state index is 6.13. The molecule has 0 bridgehead atoms. The largest absolute Gasteiger partial charge is 0.397 e. The Morgan fingerprint density at radius 3 is 2.15 bits per heavy atom. The van der Waals surface area contributed by atoms with E-state index in [4.69, 9.17) is 5.73 Å². The molecule has 0 amide bonds. The Bertz CT molecular complexity index is 764. The van der Waals surface area contributed by atoms with Crippen LogP contribution in [0.2, 0.25) is 0 Å². The summed E-state index contributed by atoms with van der Waals surface area (Å²) in [6, 6.07) is 22.1. The first-order chi connectivity index (χ1) is 9.86. The van der Waals surface area contributed by atoms with Gasteiger partial charge in [0.2, 0.25) is 0 Å². The molecule has 3 aromatic rings. The summed E-state index contributed by atoms with van der Waals surface area (Å²) in [5.74, 6) is 0. The summed E-state index contributed by atoms with van der Waals surface area (Å²) in [5.41, 5.74) is 9.88. The van der Waals surface area contributed by atoms with E-state index in [0.717, 1.165) is 16.6 Å². The highest BCUT2D eigenvalue weighted by molar-refractivity contribution is 5.88. The topological polar surface area (TPSA) is 43.3 Å². The second kappa shape index (κ2) is 5.45. The number of nitrogens with two attached hydrogens (primary N) is 1. The van der Waals surface area contributed by atoms with Gasteiger partial charge in [-0.25, -0.2) is 4.52 Å². The van der Waals surface area contributed by atoms with Crippen LogP contribution in [0.5, 0.6) is 0 Å². The fourth-order valence-electron chi connectivity index (χ4n) is 2.18. The Labute approximate surface area is 117 Å². The maximum Gasteiger partial charge on any atom is 0.0745 e. The molecule has 20 heavy (non-hydrogen) atoms. The molecule has 3 rings (SSSR count). The van der Waals surface area contributed by atoms with Crippen LogP contribution in [0.3, 0.4) is 0 Å². The monoisotopic (exact) mass is 261 g/mol. The van der Waals surface area contributed by atoms with Crippen LogP contribution in [-0.4, -0.2) is 9.61 Å². The molecule has 0 atom stereocenters. The van der Waals surface area contributed by atoms with Crippen LogP contribution >= 0.6 is 0 Å². The Balaban J connectivity index is 2.30. The summed E-state index contributed by atoms with van der Waals surface area (Å²) in [5, 5.41) is 4.27. The van der Waals surface area contributed by atoms with Crippen molar-refractivity contribution in [1.29, 1.82) is 0 Å². The van der Waals surface area contributed by atoms with Crippen molar-refractivity contribution < 1.29 is 0 Å². The van der Waals surface area contributed by atoms with Crippen LogP contribution in [0, 0.1) is 0 Å². The lowest BCUT2D eigenvalue weighted by Crippen LogP contribution is -1.97. The lowest BCUT2D eigenvalue weighted by atomic mass is 10.1. The van der Waals surface area contributed by atoms with Crippen molar-refractivity contribution in [2.45, 2.75) is 0 Å². The number of hydrogen-bond donors (Lipinski definition) is 1. The molecule has 98 valence electrons. The van der Waals surface area contributed by atoms with E-state index in [1.165, 1.54) is 0 Å². The van der Waals surface area contributed by atoms with Crippen molar-refractivity contribution in [2.75, 3.05) is 5.73 Å². The molecule has 0 aliphatic carbocycles. The third-order valence-electron chi connectivity index (χ3n) is 3.10. The summed E-state index contributed by atoms with van der Waals surface area (Å²) >= 11 is 0. The molecule has 0 fully saturated rings. The molecule has 3 heteroatoms. The fourth-order valence-corrected chi connectivity index (χ4v) is 2.18. The van der Waals surface area contributed by atoms with Crippen molar-refractivity contribution in [3.63, 3.8) is 0 Å². The van der Waals surface area contributed by atoms with Gasteiger partial charge in [0, 0.05) is 11.8 Å². The van der Waals surface area contributed by atoms with Gasteiger partial charge in [0.05, 0.1) is 17.4 Å². The van der Waals surface area contributed by atoms with Gasteiger partial charge in [0.15, 0.2) is 0 Å². The zero-order valence-corrected chi connectivity index (χ0v) is 11.0. The van der Waals surface area contributed by atoms with Crippen molar-refractivity contribution in [3.8, 4) is 11.1 Å². The summed E-state index contributed by atoms with van der Waals surface area (Å²) in [4.78, 5) is 0. The third kappa shape index (κ3) is 2.34. The summed E-state index contributed by atoms with van der Waals surface area (Å²) in [7, 11) is 0. The van der Waals surface area contributed by atoms with Crippen LogP contribution in [-0.2, 0) is 0 Å². The number of rotatable bonds is 1. The van der Waals surface area contributed by atoms with Gasteiger partial charge in [-0.15, -0.1) is 0 Å². The van der Waals surface area contributed by atoms with Gasteiger partial charge in [-0.3, -0.25) is 0 Å². The van der Waals surface area contributed by atoms with Crippen LogP contribution in [0.4, 0.5) is 5.69 Å². The highest BCUT2D eigenvalue weighted by Crippen LogP contribution is 2.28. The molecule has 0 radical (unpaired) electrons. The lowest BCUT2D eigenvalue weighted by molar-refractivity contribution is 0.945. The minimum atomic E-state index is 0.678. The molecule has 0 aliphatic heterocycles. The first-order valence-electron chi connectivity index (χ1n) is 6.47. The first-order valence-corrected chi connectivity index (χ1v) is 6.47. The van der Waals surface area contributed by atoms with Crippen LogP contribution in [0.15, 0.2) is 79.1 Å². The normalized spacial score (nSPS) is 10.2. The molecule has 1 aromatic carbocycles. The van der Waals surface area contributed by atoms with Crippen molar-refractivity contribution in [1.82, 2.24) is 9.61 Å². The van der Waals surface area contributed by atoms with Crippen molar-refractivity contribution in [3.05, 3.63) is 79.1 Å². The molecule has 2 aromatic heterocycles. The highest BCUT2D eigenvalue weighted by atomic mass is 15.2. The summed E-state index contributed by atoms with van der Waals surface area (Å²) in [6.45, 7) is 0. The van der Waals surface area contributed by atoms with Crippen molar-refractivity contribution in [2.24, 2.45) is 0 Å². The van der Waals surface area contributed by atoms with E-state index in [-0.39, 0.29) is 0 Å². The van der Waals surface area contributed by atoms with E-state index in [0.29, 0.717) is 5.69 Å². The third-order valence-corrected chi connectivity index (χ3v) is 3.10. The molecule has 2 N–H and O–H groups in total. The number of nitrogens with zero attached hydrogens (tertiary/aromatic N) is 2. The molecular weight excluding hydrogens is 246 g/mol. The Kier molecular flexibility index (Phi) is 3.33. The van der Waals surface area contributed by atoms with E-state index < -0.39 is 0 Å². The second-order valence-electron chi connectivity index (χ2n) is 4.45. The quantitative estimate of drug-likeness (QED) is 0.725. The van der Waals surface area contributed by atoms with E-state index in [1.807, 2.05) is 65.3 Å². The van der Waals surface area contributed by atoms with Crippen molar-refractivity contribution >= 4 is 11.2 Å². The first kappa shape index (κ1) is 12.2. The zero-order valence-electron chi connectivity index (χ0n) is 11.0. The Hall–Kier alpha value is -2.81. The molecule has 0 saturated heterocycles. The second-order valence-corrected chi connectivity index (χ2v) is 4.45. The van der Waals surface area contributed by atoms with Crippen LogP contribution in [0.1, 0.15) is 0 Å². The number of anilines is 1. The van der Waals surface area contributed by atoms with Gasteiger partial charge in [0.25, 0.3) is 0 Å². The van der Waals surface area contributed by atoms with E-state index in [2.05, 4.69) is 17.2 Å². The van der Waals surface area contributed by atoms with Crippen LogP contribution < -0.4 is 5.73 Å². The molecule has 2 heterocycles. The van der Waals surface area contributed by atoms with Gasteiger partial charge in [0.1, 0.15) is 0 Å². The van der Waals surface area contributed by atoms with Crippen LogP contribution in [0.25, 0.3) is 16.6 Å². The smallest absolute Gasteiger partial charge is 0.0745 e. The Morgan fingerprint density at radius 1 is 0.800 bits per heavy atom. The standard InChI is InChI=1S/C17H15N3/c18-15-13-19-20-12-8-11-16(20)17(15)14-9-6-4-2-1-3-5-7-10-14/h1-13H,18H2. The summed E-state index contributed by atoms with van der Waals surface area (Å²) in [6.07, 6.45) is 3.61.